The molecule has 1 heterocycles. The summed E-state index contributed by atoms with van der Waals surface area (Å²) in [4.78, 5) is 0. The van der Waals surface area contributed by atoms with Crippen molar-refractivity contribution in [1.82, 2.24) is 0 Å². The number of hydrogen-bond acceptors (Lipinski definition) is 1. The minimum absolute atomic E-state index is 0.146. The van der Waals surface area contributed by atoms with E-state index < -0.39 is 24.2 Å². The van der Waals surface area contributed by atoms with E-state index in [9.17, 15) is 0 Å². The first-order chi connectivity index (χ1) is 19.1. The van der Waals surface area contributed by atoms with Crippen molar-refractivity contribution in [1.29, 1.82) is 0 Å². The van der Waals surface area contributed by atoms with Gasteiger partial charge in [0, 0.05) is 20.6 Å². The molecule has 0 unspecified atom stereocenters. The molecule has 0 spiro atoms. The molecule has 0 fully saturated rings. The maximum Gasteiger partial charge on any atom is 0.143 e. The maximum absolute atomic E-state index is 8.94. The van der Waals surface area contributed by atoms with Crippen LogP contribution in [0.1, 0.15) is 11.0 Å². The van der Waals surface area contributed by atoms with E-state index >= 15 is 0 Å². The number of para-hydroxylation sites is 1. The van der Waals surface area contributed by atoms with Gasteiger partial charge in [0.1, 0.15) is 11.2 Å². The number of rotatable bonds is 1. The van der Waals surface area contributed by atoms with Crippen LogP contribution in [0.4, 0.5) is 0 Å². The minimum Gasteiger partial charge on any atom is -0.455 e. The number of hydrogen-bond donors (Lipinski definition) is 0. The highest BCUT2D eigenvalue weighted by Crippen LogP contribution is 2.45. The minimum atomic E-state index is -0.431. The molecule has 2 heteroatoms. The van der Waals surface area contributed by atoms with Crippen LogP contribution in [0, 0.1) is 0 Å². The Morgan fingerprint density at radius 2 is 1.31 bits per heavy atom. The van der Waals surface area contributed by atoms with Crippen molar-refractivity contribution >= 4 is 70.2 Å². The third kappa shape index (κ3) is 2.39. The third-order valence-corrected chi connectivity index (χ3v) is 6.76. The van der Waals surface area contributed by atoms with E-state index in [0.29, 0.717) is 27.7 Å². The topological polar surface area (TPSA) is 13.1 Å². The highest BCUT2D eigenvalue weighted by molar-refractivity contribution is 9.10. The molecule has 0 aliphatic carbocycles. The van der Waals surface area contributed by atoms with Crippen molar-refractivity contribution < 1.29 is 15.4 Å². The summed E-state index contributed by atoms with van der Waals surface area (Å²) in [5.74, 6) is 0. The average Bonchev–Trinajstić information content (AvgIpc) is 3.35. The summed E-state index contributed by atoms with van der Waals surface area (Å²) in [6.45, 7) is 0. The van der Waals surface area contributed by atoms with E-state index in [1.165, 1.54) is 0 Å². The molecule has 6 aromatic carbocycles. The van der Waals surface area contributed by atoms with Gasteiger partial charge in [0.25, 0.3) is 0 Å². The summed E-state index contributed by atoms with van der Waals surface area (Å²) in [6.07, 6.45) is 0. The highest BCUT2D eigenvalue weighted by atomic mass is 79.9. The second-order valence-electron chi connectivity index (χ2n) is 7.63. The van der Waals surface area contributed by atoms with Gasteiger partial charge in [0.2, 0.25) is 0 Å². The van der Waals surface area contributed by atoms with Gasteiger partial charge >= 0.3 is 0 Å². The monoisotopic (exact) mass is 480 g/mol. The number of benzene rings is 6. The Morgan fingerprint density at radius 3 is 2.06 bits per heavy atom. The van der Waals surface area contributed by atoms with E-state index in [1.807, 2.05) is 48.5 Å². The van der Waals surface area contributed by atoms with Crippen LogP contribution in [0.2, 0.25) is 0 Å². The first-order valence-corrected chi connectivity index (χ1v) is 10.9. The van der Waals surface area contributed by atoms with E-state index in [2.05, 4.69) is 15.9 Å². The van der Waals surface area contributed by atoms with Crippen molar-refractivity contribution in [3.63, 3.8) is 0 Å². The molecule has 1 nitrogen and oxygen atoms in total. The summed E-state index contributed by atoms with van der Waals surface area (Å²) in [6, 6.07) is 14.2. The Morgan fingerprint density at radius 1 is 0.625 bits per heavy atom. The fourth-order valence-corrected chi connectivity index (χ4v) is 5.20. The summed E-state index contributed by atoms with van der Waals surface area (Å²) in [5.41, 5.74) is 2.11. The summed E-state index contributed by atoms with van der Waals surface area (Å²) in [5, 5.41) is 3.90. The van der Waals surface area contributed by atoms with Crippen molar-refractivity contribution in [3.05, 3.63) is 107 Å². The van der Waals surface area contributed by atoms with Crippen molar-refractivity contribution in [3.8, 4) is 11.1 Å². The lowest BCUT2D eigenvalue weighted by atomic mass is 9.89. The van der Waals surface area contributed by atoms with E-state index in [0.717, 1.165) is 16.2 Å². The van der Waals surface area contributed by atoms with Crippen LogP contribution in [-0.4, -0.2) is 0 Å². The summed E-state index contributed by atoms with van der Waals surface area (Å²) in [7, 11) is 0. The van der Waals surface area contributed by atoms with Gasteiger partial charge in [0.15, 0.2) is 0 Å². The predicted molar refractivity (Wildman–Crippen MR) is 139 cm³/mol. The largest absolute Gasteiger partial charge is 0.455 e. The Labute approximate surface area is 204 Å². The third-order valence-electron chi connectivity index (χ3n) is 5.97. The fourth-order valence-electron chi connectivity index (χ4n) is 4.61. The molecule has 0 aliphatic rings. The van der Waals surface area contributed by atoms with Crippen LogP contribution < -0.4 is 0 Å². The maximum atomic E-state index is 8.94. The molecule has 150 valence electrons. The zero-order valence-electron chi connectivity index (χ0n) is 24.5. The van der Waals surface area contributed by atoms with Gasteiger partial charge < -0.3 is 4.42 Å². The molecule has 0 bridgehead atoms. The van der Waals surface area contributed by atoms with Crippen LogP contribution in [0.3, 0.4) is 0 Å². The molecule has 0 saturated heterocycles. The normalized spacial score (nSPS) is 15.4. The smallest absolute Gasteiger partial charge is 0.143 e. The molecule has 7 rings (SSSR count). The highest BCUT2D eigenvalue weighted by Gasteiger charge is 2.18. The lowest BCUT2D eigenvalue weighted by molar-refractivity contribution is 0.673. The van der Waals surface area contributed by atoms with E-state index in [4.69, 9.17) is 15.4 Å². The summed E-state index contributed by atoms with van der Waals surface area (Å²) >= 11 is 3.48. The van der Waals surface area contributed by atoms with Gasteiger partial charge in [-0.1, -0.05) is 90.8 Å². The Bertz CT molecular complexity index is 2190. The fraction of sp³-hybridized carbons (Fsp3) is 0. The van der Waals surface area contributed by atoms with Crippen molar-refractivity contribution in [2.24, 2.45) is 0 Å². The van der Waals surface area contributed by atoms with Gasteiger partial charge in [-0.15, -0.1) is 0 Å². The number of fused-ring (bicyclic) bond motifs is 7. The zero-order valence-corrected chi connectivity index (χ0v) is 18.1. The van der Waals surface area contributed by atoms with Crippen LogP contribution in [0.5, 0.6) is 0 Å². The molecule has 0 saturated carbocycles. The number of furan rings is 1. The van der Waals surface area contributed by atoms with Gasteiger partial charge in [-0.3, -0.25) is 0 Å². The lowest BCUT2D eigenvalue weighted by Crippen LogP contribution is -1.89. The second-order valence-corrected chi connectivity index (χ2v) is 8.43. The van der Waals surface area contributed by atoms with E-state index in [-0.39, 0.29) is 50.2 Å². The average molecular weight is 481 g/mol. The van der Waals surface area contributed by atoms with Crippen LogP contribution in [0.15, 0.2) is 112 Å². The molecular formula is C30H17BrO. The molecule has 7 aromatic rings. The second kappa shape index (κ2) is 6.69. The van der Waals surface area contributed by atoms with Gasteiger partial charge in [-0.2, -0.15) is 0 Å². The summed E-state index contributed by atoms with van der Waals surface area (Å²) < 4.78 is 75.5. The molecule has 0 amide bonds. The Kier molecular flexibility index (Phi) is 2.48. The van der Waals surface area contributed by atoms with Gasteiger partial charge in [0.05, 0.1) is 11.0 Å². The van der Waals surface area contributed by atoms with Gasteiger partial charge in [-0.25, -0.2) is 0 Å². The van der Waals surface area contributed by atoms with Gasteiger partial charge in [-0.05, 0) is 66.1 Å². The quantitative estimate of drug-likeness (QED) is 0.213. The first kappa shape index (κ1) is 11.8. The van der Waals surface area contributed by atoms with Crippen LogP contribution >= 0.6 is 15.9 Å². The molecule has 32 heavy (non-hydrogen) atoms. The lowest BCUT2D eigenvalue weighted by Gasteiger charge is -2.16. The molecule has 0 radical (unpaired) electrons. The predicted octanol–water partition coefficient (Wildman–Crippen LogP) is 9.48. The molecule has 1 aromatic heterocycles. The van der Waals surface area contributed by atoms with Crippen molar-refractivity contribution in [2.75, 3.05) is 0 Å². The standard InChI is InChI=1S/C30H17BrO/c31-29-22-12-3-1-10-20(22)28(21-11-2-4-13-23(21)29)25-14-7-8-18-16-17-24-19-9-5-6-15-26(19)32-30(24)27(18)25/h1-17H/i1D,2D,3D,4D,10D,11D,12D,13D. The SMILES string of the molecule is [2H]c1c([2H])c([2H])c2c(-c3cccc4ccc5c6ccccc6oc5c34)c3c([2H])c([2H])c([2H])c([2H])c3c(Br)c2c1[2H]. The molecular weight excluding hydrogens is 456 g/mol. The molecule has 0 aliphatic heterocycles. The van der Waals surface area contributed by atoms with E-state index in [1.54, 1.807) is 6.07 Å². The Hall–Kier alpha value is -3.62. The first-order valence-electron chi connectivity index (χ1n) is 14.1. The molecule has 0 atom stereocenters. The Balaban J connectivity index is 1.85. The zero-order chi connectivity index (χ0) is 28.2. The van der Waals surface area contributed by atoms with Crippen LogP contribution in [0.25, 0.3) is 65.4 Å². The molecule has 0 N–H and O–H groups in total. The van der Waals surface area contributed by atoms with Crippen molar-refractivity contribution in [2.45, 2.75) is 0 Å². The van der Waals surface area contributed by atoms with Crippen LogP contribution in [-0.2, 0) is 0 Å². The number of halogens is 1.